The number of carbonyl (C=O) groups excluding carboxylic acids is 1. The number of carboxylic acid groups (broad SMARTS) is 1. The third-order valence-electron chi connectivity index (χ3n) is 3.22. The normalized spacial score (nSPS) is 12.5. The molecule has 6 nitrogen and oxygen atoms in total. The van der Waals surface area contributed by atoms with Crippen molar-refractivity contribution in [3.63, 3.8) is 0 Å². The summed E-state index contributed by atoms with van der Waals surface area (Å²) >= 11 is 0. The van der Waals surface area contributed by atoms with Gasteiger partial charge in [-0.2, -0.15) is 0 Å². The second kappa shape index (κ2) is 10.4. The number of aliphatic hydroxyl groups excluding tert-OH is 1. The van der Waals surface area contributed by atoms with E-state index in [0.29, 0.717) is 24.9 Å². The highest BCUT2D eigenvalue weighted by atomic mass is 16.4. The van der Waals surface area contributed by atoms with Gasteiger partial charge < -0.3 is 20.4 Å². The minimum atomic E-state index is -1.43. The van der Waals surface area contributed by atoms with E-state index in [9.17, 15) is 9.59 Å². The summed E-state index contributed by atoms with van der Waals surface area (Å²) in [5.74, 6) is -0.220. The molecule has 0 radical (unpaired) electrons. The monoisotopic (exact) mass is 302 g/mol. The predicted molar refractivity (Wildman–Crippen MR) is 82.1 cm³/mol. The zero-order valence-corrected chi connectivity index (χ0v) is 13.6. The molecule has 0 rings (SSSR count). The Morgan fingerprint density at radius 3 is 1.86 bits per heavy atom. The fraction of sp³-hybridized carbons (Fsp3) is 0.867. The van der Waals surface area contributed by atoms with E-state index in [4.69, 9.17) is 10.2 Å². The molecule has 0 aliphatic heterocycles. The van der Waals surface area contributed by atoms with Crippen molar-refractivity contribution < 1.29 is 19.8 Å². The maximum absolute atomic E-state index is 12.1. The first-order valence-electron chi connectivity index (χ1n) is 7.67. The van der Waals surface area contributed by atoms with Gasteiger partial charge in [-0.15, -0.1) is 0 Å². The summed E-state index contributed by atoms with van der Waals surface area (Å²) < 4.78 is 0. The van der Waals surface area contributed by atoms with Crippen LogP contribution in [0.15, 0.2) is 0 Å². The number of hydrogen-bond acceptors (Lipinski definition) is 3. The molecular formula is C15H30N2O4. The van der Waals surface area contributed by atoms with E-state index in [2.05, 4.69) is 33.0 Å². The van der Waals surface area contributed by atoms with E-state index in [1.165, 1.54) is 0 Å². The van der Waals surface area contributed by atoms with Crippen LogP contribution >= 0.6 is 0 Å². The van der Waals surface area contributed by atoms with Crippen molar-refractivity contribution in [1.82, 2.24) is 10.2 Å². The van der Waals surface area contributed by atoms with Crippen LogP contribution in [0.25, 0.3) is 0 Å². The SMILES string of the molecule is CC(C)CCN(CCC(C)C)C(=O)NCC[C@H](O)C(=O)O. The van der Waals surface area contributed by atoms with Gasteiger partial charge in [0.05, 0.1) is 0 Å². The Balaban J connectivity index is 4.25. The number of aliphatic carboxylic acids is 1. The van der Waals surface area contributed by atoms with Crippen LogP contribution in [-0.4, -0.2) is 52.9 Å². The minimum absolute atomic E-state index is 0.0171. The van der Waals surface area contributed by atoms with Crippen molar-refractivity contribution in [2.75, 3.05) is 19.6 Å². The van der Waals surface area contributed by atoms with E-state index in [1.54, 1.807) is 4.90 Å². The number of carbonyl (C=O) groups is 2. The first kappa shape index (κ1) is 19.7. The molecule has 0 aliphatic carbocycles. The molecule has 0 spiro atoms. The van der Waals surface area contributed by atoms with Gasteiger partial charge in [-0.1, -0.05) is 27.7 Å². The third-order valence-corrected chi connectivity index (χ3v) is 3.22. The fourth-order valence-corrected chi connectivity index (χ4v) is 1.69. The molecule has 0 unspecified atom stereocenters. The molecule has 0 saturated carbocycles. The average Bonchev–Trinajstić information content (AvgIpc) is 2.37. The number of amides is 2. The highest BCUT2D eigenvalue weighted by molar-refractivity contribution is 5.74. The maximum atomic E-state index is 12.1. The number of urea groups is 1. The number of rotatable bonds is 10. The van der Waals surface area contributed by atoms with Crippen LogP contribution in [0.4, 0.5) is 4.79 Å². The lowest BCUT2D eigenvalue weighted by atomic mass is 10.1. The van der Waals surface area contributed by atoms with Crippen LogP contribution in [0.3, 0.4) is 0 Å². The van der Waals surface area contributed by atoms with Crippen molar-refractivity contribution in [3.8, 4) is 0 Å². The number of nitrogens with zero attached hydrogens (tertiary/aromatic N) is 1. The Kier molecular flexibility index (Phi) is 9.78. The number of hydrogen-bond donors (Lipinski definition) is 3. The molecule has 0 heterocycles. The molecule has 0 saturated heterocycles. The molecule has 124 valence electrons. The molecule has 0 aromatic rings. The first-order valence-corrected chi connectivity index (χ1v) is 7.67. The van der Waals surface area contributed by atoms with Gasteiger partial charge in [0.1, 0.15) is 0 Å². The van der Waals surface area contributed by atoms with Crippen LogP contribution in [0.1, 0.15) is 47.0 Å². The lowest BCUT2D eigenvalue weighted by Gasteiger charge is -2.25. The van der Waals surface area contributed by atoms with Gasteiger partial charge in [-0.25, -0.2) is 9.59 Å². The third kappa shape index (κ3) is 10.1. The first-order chi connectivity index (χ1) is 9.73. The summed E-state index contributed by atoms with van der Waals surface area (Å²) in [5.41, 5.74) is 0. The number of aliphatic hydroxyl groups is 1. The van der Waals surface area contributed by atoms with Crippen molar-refractivity contribution in [1.29, 1.82) is 0 Å². The van der Waals surface area contributed by atoms with Crippen molar-refractivity contribution in [2.24, 2.45) is 11.8 Å². The molecule has 0 bridgehead atoms. The zero-order valence-electron chi connectivity index (χ0n) is 13.6. The van der Waals surface area contributed by atoms with Gasteiger partial charge in [0.15, 0.2) is 6.10 Å². The highest BCUT2D eigenvalue weighted by Crippen LogP contribution is 2.07. The maximum Gasteiger partial charge on any atom is 0.332 e. The Hall–Kier alpha value is -1.30. The molecule has 3 N–H and O–H groups in total. The van der Waals surface area contributed by atoms with Crippen LogP contribution < -0.4 is 5.32 Å². The second-order valence-corrected chi connectivity index (χ2v) is 6.23. The second-order valence-electron chi connectivity index (χ2n) is 6.23. The average molecular weight is 302 g/mol. The Labute approximate surface area is 127 Å². The predicted octanol–water partition coefficient (Wildman–Crippen LogP) is 1.93. The Morgan fingerprint density at radius 2 is 1.48 bits per heavy atom. The van der Waals surface area contributed by atoms with E-state index in [-0.39, 0.29) is 19.0 Å². The summed E-state index contributed by atoms with van der Waals surface area (Å²) in [5, 5.41) is 20.4. The largest absolute Gasteiger partial charge is 0.479 e. The van der Waals surface area contributed by atoms with E-state index in [1.807, 2.05) is 0 Å². The topological polar surface area (TPSA) is 89.9 Å². The minimum Gasteiger partial charge on any atom is -0.479 e. The van der Waals surface area contributed by atoms with Crippen molar-refractivity contribution in [2.45, 2.75) is 53.1 Å². The van der Waals surface area contributed by atoms with Gasteiger partial charge in [0, 0.05) is 26.1 Å². The summed E-state index contributed by atoms with van der Waals surface area (Å²) in [6.45, 7) is 9.99. The van der Waals surface area contributed by atoms with Crippen molar-refractivity contribution >= 4 is 12.0 Å². The summed E-state index contributed by atoms with van der Waals surface area (Å²) in [6.07, 6.45) is 0.459. The van der Waals surface area contributed by atoms with Gasteiger partial charge in [-0.3, -0.25) is 0 Å². The van der Waals surface area contributed by atoms with Crippen LogP contribution in [0, 0.1) is 11.8 Å². The molecule has 0 aliphatic rings. The molecule has 2 amide bonds. The van der Waals surface area contributed by atoms with E-state index >= 15 is 0 Å². The number of carboxylic acids is 1. The lowest BCUT2D eigenvalue weighted by Crippen LogP contribution is -2.43. The van der Waals surface area contributed by atoms with Crippen LogP contribution in [0.2, 0.25) is 0 Å². The Bertz CT molecular complexity index is 307. The van der Waals surface area contributed by atoms with Crippen LogP contribution in [0.5, 0.6) is 0 Å². The molecule has 1 atom stereocenters. The van der Waals surface area contributed by atoms with Gasteiger partial charge in [-0.05, 0) is 24.7 Å². The standard InChI is InChI=1S/C15H30N2O4/c1-11(2)6-9-17(10-7-12(3)4)15(21)16-8-5-13(18)14(19)20/h11-13,18H,5-10H2,1-4H3,(H,16,21)(H,19,20)/t13-/m0/s1. The zero-order chi connectivity index (χ0) is 16.4. The molecule has 21 heavy (non-hydrogen) atoms. The molecule has 0 aromatic carbocycles. The lowest BCUT2D eigenvalue weighted by molar-refractivity contribution is -0.146. The molecule has 6 heteroatoms. The van der Waals surface area contributed by atoms with Crippen molar-refractivity contribution in [3.05, 3.63) is 0 Å². The van der Waals surface area contributed by atoms with Gasteiger partial charge >= 0.3 is 12.0 Å². The Morgan fingerprint density at radius 1 is 1.00 bits per heavy atom. The van der Waals surface area contributed by atoms with Crippen LogP contribution in [-0.2, 0) is 4.79 Å². The van der Waals surface area contributed by atoms with Gasteiger partial charge in [0.2, 0.25) is 0 Å². The molecular weight excluding hydrogens is 272 g/mol. The molecule has 0 fully saturated rings. The highest BCUT2D eigenvalue weighted by Gasteiger charge is 2.16. The quantitative estimate of drug-likeness (QED) is 0.575. The smallest absolute Gasteiger partial charge is 0.332 e. The molecule has 0 aromatic heterocycles. The summed E-state index contributed by atoms with van der Waals surface area (Å²) in [7, 11) is 0. The number of nitrogens with one attached hydrogen (secondary N) is 1. The fourth-order valence-electron chi connectivity index (χ4n) is 1.69. The van der Waals surface area contributed by atoms with E-state index in [0.717, 1.165) is 12.8 Å². The van der Waals surface area contributed by atoms with Gasteiger partial charge in [0.25, 0.3) is 0 Å². The van der Waals surface area contributed by atoms with E-state index < -0.39 is 12.1 Å². The summed E-state index contributed by atoms with van der Waals surface area (Å²) in [4.78, 5) is 24.4. The summed E-state index contributed by atoms with van der Waals surface area (Å²) in [6, 6.07) is -0.186.